The van der Waals surface area contributed by atoms with Crippen molar-refractivity contribution < 1.29 is 9.53 Å². The number of carbonyl (C=O) groups excluding carboxylic acids is 1. The van der Waals surface area contributed by atoms with Gasteiger partial charge < -0.3 is 15.1 Å². The Kier molecular flexibility index (Phi) is 5.47. The maximum Gasteiger partial charge on any atom is 0.203 e. The minimum Gasteiger partial charge on any atom is -0.490 e. The van der Waals surface area contributed by atoms with Crippen LogP contribution in [-0.2, 0) is 9.53 Å². The van der Waals surface area contributed by atoms with Crippen LogP contribution in [0.5, 0.6) is 0 Å². The average molecular weight is 255 g/mol. The highest BCUT2D eigenvalue weighted by molar-refractivity contribution is 5.91. The number of methoxy groups -OCH3 is 1. The first-order chi connectivity index (χ1) is 8.51. The van der Waals surface area contributed by atoms with Crippen LogP contribution in [0.3, 0.4) is 0 Å². The molecule has 0 radical (unpaired) electrons. The highest BCUT2D eigenvalue weighted by atomic mass is 16.5. The maximum atomic E-state index is 11.7. The number of ketones is 1. The second-order valence-electron chi connectivity index (χ2n) is 4.84. The van der Waals surface area contributed by atoms with Gasteiger partial charge in [-0.25, -0.2) is 5.01 Å². The number of carbonyl (C=O) groups is 1. The van der Waals surface area contributed by atoms with Crippen LogP contribution in [0.15, 0.2) is 11.6 Å². The Morgan fingerprint density at radius 1 is 1.50 bits per heavy atom. The lowest BCUT2D eigenvalue weighted by molar-refractivity contribution is -0.116. The van der Waals surface area contributed by atoms with E-state index < -0.39 is 0 Å². The van der Waals surface area contributed by atoms with Crippen molar-refractivity contribution in [1.82, 2.24) is 15.3 Å². The zero-order chi connectivity index (χ0) is 13.7. The molecule has 0 aromatic carbocycles. The van der Waals surface area contributed by atoms with Crippen LogP contribution >= 0.6 is 0 Å². The third-order valence-corrected chi connectivity index (χ3v) is 3.20. The Balaban J connectivity index is 3.07. The Bertz CT molecular complexity index is 326. The standard InChI is InChI=1S/C13H25N3O2/c1-6-11-8-7-9-16(11)13(14-15(3)4)12(18-5)10(2)17/h11,14H,6-9H2,1-5H3. The van der Waals surface area contributed by atoms with E-state index in [0.29, 0.717) is 11.8 Å². The van der Waals surface area contributed by atoms with Crippen LogP contribution in [0, 0.1) is 0 Å². The summed E-state index contributed by atoms with van der Waals surface area (Å²) < 4.78 is 5.28. The molecule has 1 aliphatic heterocycles. The molecule has 1 unspecified atom stereocenters. The van der Waals surface area contributed by atoms with Crippen molar-refractivity contribution in [2.24, 2.45) is 0 Å². The molecular weight excluding hydrogens is 230 g/mol. The van der Waals surface area contributed by atoms with Gasteiger partial charge in [-0.1, -0.05) is 6.92 Å². The first kappa shape index (κ1) is 14.8. The molecule has 1 atom stereocenters. The number of hydrogen-bond acceptors (Lipinski definition) is 5. The summed E-state index contributed by atoms with van der Waals surface area (Å²) in [6.45, 7) is 4.68. The third-order valence-electron chi connectivity index (χ3n) is 3.20. The van der Waals surface area contributed by atoms with Gasteiger partial charge in [0.05, 0.1) is 7.11 Å². The third kappa shape index (κ3) is 3.38. The van der Waals surface area contributed by atoms with Crippen molar-refractivity contribution in [3.05, 3.63) is 11.6 Å². The minimum absolute atomic E-state index is 0.0522. The molecular formula is C13H25N3O2. The Morgan fingerprint density at radius 2 is 2.17 bits per heavy atom. The number of nitrogens with one attached hydrogen (secondary N) is 1. The highest BCUT2D eigenvalue weighted by Crippen LogP contribution is 2.25. The van der Waals surface area contributed by atoms with E-state index in [-0.39, 0.29) is 5.78 Å². The van der Waals surface area contributed by atoms with E-state index in [4.69, 9.17) is 4.74 Å². The zero-order valence-electron chi connectivity index (χ0n) is 12.1. The lowest BCUT2D eigenvalue weighted by Crippen LogP contribution is -2.42. The SMILES string of the molecule is CCC1CCCN1C(NN(C)C)=C(OC)C(C)=O. The number of hydrazine groups is 1. The summed E-state index contributed by atoms with van der Waals surface area (Å²) in [5.74, 6) is 1.15. The van der Waals surface area contributed by atoms with Crippen molar-refractivity contribution in [3.63, 3.8) is 0 Å². The summed E-state index contributed by atoms with van der Waals surface area (Å²) in [6, 6.07) is 0.483. The molecule has 1 rings (SSSR count). The van der Waals surface area contributed by atoms with E-state index in [1.54, 1.807) is 7.11 Å². The number of ether oxygens (including phenoxy) is 1. The predicted molar refractivity (Wildman–Crippen MR) is 71.6 cm³/mol. The van der Waals surface area contributed by atoms with Crippen LogP contribution in [0.2, 0.25) is 0 Å². The Morgan fingerprint density at radius 3 is 2.61 bits per heavy atom. The molecule has 5 heteroatoms. The number of rotatable bonds is 6. The van der Waals surface area contributed by atoms with Gasteiger partial charge in [-0.2, -0.15) is 0 Å². The summed E-state index contributed by atoms with van der Waals surface area (Å²) in [5.41, 5.74) is 3.21. The first-order valence-electron chi connectivity index (χ1n) is 6.51. The van der Waals surface area contributed by atoms with Gasteiger partial charge in [0.2, 0.25) is 5.76 Å². The number of likely N-dealkylation sites (tertiary alicyclic amines) is 1. The van der Waals surface area contributed by atoms with Gasteiger partial charge in [-0.15, -0.1) is 0 Å². The Labute approximate surface area is 110 Å². The smallest absolute Gasteiger partial charge is 0.203 e. The fourth-order valence-corrected chi connectivity index (χ4v) is 2.42. The van der Waals surface area contributed by atoms with Crippen molar-refractivity contribution in [3.8, 4) is 0 Å². The molecule has 1 saturated heterocycles. The summed E-state index contributed by atoms with van der Waals surface area (Å²) >= 11 is 0. The van der Waals surface area contributed by atoms with Gasteiger partial charge in [-0.3, -0.25) is 4.79 Å². The van der Waals surface area contributed by atoms with Gasteiger partial charge in [0.25, 0.3) is 0 Å². The monoisotopic (exact) mass is 255 g/mol. The zero-order valence-corrected chi connectivity index (χ0v) is 12.1. The van der Waals surface area contributed by atoms with Crippen LogP contribution in [0.25, 0.3) is 0 Å². The first-order valence-corrected chi connectivity index (χ1v) is 6.51. The quantitative estimate of drug-likeness (QED) is 0.441. The van der Waals surface area contributed by atoms with E-state index in [2.05, 4.69) is 17.2 Å². The minimum atomic E-state index is -0.0522. The molecule has 0 aromatic heterocycles. The van der Waals surface area contributed by atoms with Crippen LogP contribution in [0.1, 0.15) is 33.1 Å². The van der Waals surface area contributed by atoms with Crippen molar-refractivity contribution in [1.29, 1.82) is 0 Å². The number of Topliss-reactive ketones (excluding diaryl/α,β-unsaturated/α-hetero) is 1. The summed E-state index contributed by atoms with van der Waals surface area (Å²) in [7, 11) is 5.36. The van der Waals surface area contributed by atoms with Gasteiger partial charge in [0, 0.05) is 33.6 Å². The fourth-order valence-electron chi connectivity index (χ4n) is 2.42. The number of allylic oxidation sites excluding steroid dienone is 1. The molecule has 0 spiro atoms. The molecule has 0 aromatic rings. The molecule has 1 heterocycles. The highest BCUT2D eigenvalue weighted by Gasteiger charge is 2.29. The van der Waals surface area contributed by atoms with Crippen molar-refractivity contribution in [2.75, 3.05) is 27.7 Å². The van der Waals surface area contributed by atoms with Gasteiger partial charge in [0.15, 0.2) is 11.6 Å². The lowest BCUT2D eigenvalue weighted by atomic mass is 10.1. The second kappa shape index (κ2) is 6.64. The van der Waals surface area contributed by atoms with E-state index in [1.165, 1.54) is 13.3 Å². The topological polar surface area (TPSA) is 44.8 Å². The lowest BCUT2D eigenvalue weighted by Gasteiger charge is -2.32. The molecule has 1 aliphatic rings. The van der Waals surface area contributed by atoms with Gasteiger partial charge in [-0.05, 0) is 19.3 Å². The summed E-state index contributed by atoms with van der Waals surface area (Å²) in [5, 5.41) is 1.84. The molecule has 104 valence electrons. The molecule has 0 amide bonds. The van der Waals surface area contributed by atoms with Crippen LogP contribution < -0.4 is 5.43 Å². The summed E-state index contributed by atoms with van der Waals surface area (Å²) in [6.07, 6.45) is 3.41. The van der Waals surface area contributed by atoms with E-state index in [0.717, 1.165) is 25.2 Å². The molecule has 0 aliphatic carbocycles. The van der Waals surface area contributed by atoms with Crippen molar-refractivity contribution in [2.45, 2.75) is 39.2 Å². The molecule has 0 saturated carbocycles. The van der Waals surface area contributed by atoms with Crippen LogP contribution in [-0.4, -0.2) is 49.5 Å². The van der Waals surface area contributed by atoms with Gasteiger partial charge in [0.1, 0.15) is 0 Å². The van der Waals surface area contributed by atoms with Gasteiger partial charge >= 0.3 is 0 Å². The predicted octanol–water partition coefficient (Wildman–Crippen LogP) is 1.33. The maximum absolute atomic E-state index is 11.7. The van der Waals surface area contributed by atoms with Crippen LogP contribution in [0.4, 0.5) is 0 Å². The fraction of sp³-hybridized carbons (Fsp3) is 0.769. The van der Waals surface area contributed by atoms with E-state index in [1.807, 2.05) is 19.1 Å². The normalized spacial score (nSPS) is 21.0. The second-order valence-corrected chi connectivity index (χ2v) is 4.84. The molecule has 1 N–H and O–H groups in total. The molecule has 5 nitrogen and oxygen atoms in total. The number of hydrogen-bond donors (Lipinski definition) is 1. The van der Waals surface area contributed by atoms with E-state index >= 15 is 0 Å². The Hall–Kier alpha value is -1.23. The summed E-state index contributed by atoms with van der Waals surface area (Å²) in [4.78, 5) is 13.9. The largest absolute Gasteiger partial charge is 0.490 e. The van der Waals surface area contributed by atoms with Crippen molar-refractivity contribution >= 4 is 5.78 Å². The molecule has 0 bridgehead atoms. The molecule has 18 heavy (non-hydrogen) atoms. The molecule has 1 fully saturated rings. The van der Waals surface area contributed by atoms with E-state index in [9.17, 15) is 4.79 Å². The average Bonchev–Trinajstić information content (AvgIpc) is 2.75. The number of nitrogens with zero attached hydrogens (tertiary/aromatic N) is 2.